The standard InChI is InChI=1S/C23H19ClN2O2S/c1-14-8-9-15(2)18(12-14)25-22(27)21(16-6-4-3-5-7-16)29-23-26-19-13-17(24)10-11-20(19)28-23/h3-13,21H,1-2H3,(H,25,27). The Hall–Kier alpha value is -2.76. The van der Waals surface area contributed by atoms with Crippen LogP contribution in [0.5, 0.6) is 0 Å². The van der Waals surface area contributed by atoms with Gasteiger partial charge in [-0.25, -0.2) is 4.98 Å². The van der Waals surface area contributed by atoms with Crippen LogP contribution in [0.4, 0.5) is 5.69 Å². The fourth-order valence-corrected chi connectivity index (χ4v) is 4.12. The number of oxazole rings is 1. The first-order chi connectivity index (χ1) is 14.0. The lowest BCUT2D eigenvalue weighted by atomic mass is 10.1. The van der Waals surface area contributed by atoms with E-state index in [2.05, 4.69) is 10.3 Å². The number of benzene rings is 3. The van der Waals surface area contributed by atoms with Gasteiger partial charge in [-0.15, -0.1) is 0 Å². The number of halogens is 1. The second kappa shape index (κ2) is 8.31. The monoisotopic (exact) mass is 422 g/mol. The molecule has 4 rings (SSSR count). The smallest absolute Gasteiger partial charge is 0.257 e. The van der Waals surface area contributed by atoms with Gasteiger partial charge in [0, 0.05) is 10.7 Å². The number of aryl methyl sites for hydroxylation is 2. The van der Waals surface area contributed by atoms with Crippen LogP contribution in [0, 0.1) is 13.8 Å². The molecule has 1 N–H and O–H groups in total. The summed E-state index contributed by atoms with van der Waals surface area (Å²) in [6.07, 6.45) is 0. The molecule has 4 aromatic rings. The summed E-state index contributed by atoms with van der Waals surface area (Å²) in [6.45, 7) is 3.98. The zero-order valence-corrected chi connectivity index (χ0v) is 17.6. The number of nitrogens with one attached hydrogen (secondary N) is 1. The quantitative estimate of drug-likeness (QED) is 0.369. The van der Waals surface area contributed by atoms with E-state index in [0.29, 0.717) is 21.3 Å². The number of thioether (sulfide) groups is 1. The predicted octanol–water partition coefficient (Wildman–Crippen LogP) is 6.57. The van der Waals surface area contributed by atoms with Crippen LogP contribution in [-0.4, -0.2) is 10.9 Å². The fraction of sp³-hybridized carbons (Fsp3) is 0.130. The molecule has 146 valence electrons. The van der Waals surface area contributed by atoms with E-state index in [9.17, 15) is 4.79 Å². The number of carbonyl (C=O) groups excluding carboxylic acids is 1. The lowest BCUT2D eigenvalue weighted by Gasteiger charge is -2.16. The van der Waals surface area contributed by atoms with Crippen molar-refractivity contribution in [1.82, 2.24) is 4.98 Å². The highest BCUT2D eigenvalue weighted by Crippen LogP contribution is 2.37. The number of hydrogen-bond acceptors (Lipinski definition) is 4. The van der Waals surface area contributed by atoms with E-state index in [4.69, 9.17) is 16.0 Å². The molecule has 0 aliphatic rings. The van der Waals surface area contributed by atoms with Gasteiger partial charge in [-0.1, -0.05) is 54.1 Å². The zero-order chi connectivity index (χ0) is 20.4. The largest absolute Gasteiger partial charge is 0.431 e. The summed E-state index contributed by atoms with van der Waals surface area (Å²) in [4.78, 5) is 17.7. The minimum atomic E-state index is -0.514. The Kier molecular flexibility index (Phi) is 5.60. The summed E-state index contributed by atoms with van der Waals surface area (Å²) < 4.78 is 5.83. The van der Waals surface area contributed by atoms with E-state index in [1.807, 2.05) is 62.4 Å². The number of anilines is 1. The van der Waals surface area contributed by atoms with Crippen molar-refractivity contribution in [2.45, 2.75) is 24.3 Å². The van der Waals surface area contributed by atoms with Crippen molar-refractivity contribution in [3.8, 4) is 0 Å². The van der Waals surface area contributed by atoms with E-state index >= 15 is 0 Å². The molecule has 0 bridgehead atoms. The highest BCUT2D eigenvalue weighted by molar-refractivity contribution is 8.00. The molecule has 29 heavy (non-hydrogen) atoms. The third-order valence-electron chi connectivity index (χ3n) is 4.54. The van der Waals surface area contributed by atoms with Gasteiger partial charge in [-0.2, -0.15) is 0 Å². The number of carbonyl (C=O) groups is 1. The molecule has 6 heteroatoms. The van der Waals surface area contributed by atoms with E-state index in [-0.39, 0.29) is 5.91 Å². The Labute approximate surface area is 178 Å². The number of hydrogen-bond donors (Lipinski definition) is 1. The molecule has 3 aromatic carbocycles. The van der Waals surface area contributed by atoms with Crippen molar-refractivity contribution in [3.63, 3.8) is 0 Å². The SMILES string of the molecule is Cc1ccc(C)c(NC(=O)C(Sc2nc3cc(Cl)ccc3o2)c2ccccc2)c1. The number of aromatic nitrogens is 1. The minimum absolute atomic E-state index is 0.129. The molecular weight excluding hydrogens is 404 g/mol. The van der Waals surface area contributed by atoms with Crippen LogP contribution in [0.15, 0.2) is 76.4 Å². The van der Waals surface area contributed by atoms with Crippen molar-refractivity contribution < 1.29 is 9.21 Å². The summed E-state index contributed by atoms with van der Waals surface area (Å²) >= 11 is 7.32. The predicted molar refractivity (Wildman–Crippen MR) is 119 cm³/mol. The fourth-order valence-electron chi connectivity index (χ4n) is 3.00. The van der Waals surface area contributed by atoms with Gasteiger partial charge >= 0.3 is 0 Å². The van der Waals surface area contributed by atoms with Crippen LogP contribution in [0.3, 0.4) is 0 Å². The molecule has 1 heterocycles. The molecule has 1 unspecified atom stereocenters. The molecule has 0 saturated carbocycles. The van der Waals surface area contributed by atoms with Crippen LogP contribution in [0.2, 0.25) is 5.02 Å². The molecule has 4 nitrogen and oxygen atoms in total. The van der Waals surface area contributed by atoms with Gasteiger partial charge < -0.3 is 9.73 Å². The molecule has 1 atom stereocenters. The summed E-state index contributed by atoms with van der Waals surface area (Å²) in [5.74, 6) is -0.129. The van der Waals surface area contributed by atoms with E-state index in [0.717, 1.165) is 22.4 Å². The first-order valence-corrected chi connectivity index (χ1v) is 10.4. The third kappa shape index (κ3) is 4.47. The van der Waals surface area contributed by atoms with Gasteiger partial charge in [0.05, 0.1) is 0 Å². The second-order valence-corrected chi connectivity index (χ2v) is 8.30. The second-order valence-electron chi connectivity index (χ2n) is 6.81. The van der Waals surface area contributed by atoms with Crippen LogP contribution < -0.4 is 5.32 Å². The van der Waals surface area contributed by atoms with Crippen LogP contribution in [-0.2, 0) is 4.79 Å². The molecule has 0 radical (unpaired) electrons. The zero-order valence-electron chi connectivity index (χ0n) is 16.0. The number of rotatable bonds is 5. The van der Waals surface area contributed by atoms with Gasteiger partial charge in [0.2, 0.25) is 5.91 Å². The first-order valence-electron chi connectivity index (χ1n) is 9.15. The molecule has 0 spiro atoms. The van der Waals surface area contributed by atoms with Gasteiger partial charge in [0.25, 0.3) is 5.22 Å². The first kappa shape index (κ1) is 19.6. The maximum absolute atomic E-state index is 13.2. The Morgan fingerprint density at radius 3 is 2.66 bits per heavy atom. The Morgan fingerprint density at radius 2 is 1.86 bits per heavy atom. The lowest BCUT2D eigenvalue weighted by molar-refractivity contribution is -0.115. The third-order valence-corrected chi connectivity index (χ3v) is 5.87. The van der Waals surface area contributed by atoms with Crippen molar-refractivity contribution in [3.05, 3.63) is 88.4 Å². The lowest BCUT2D eigenvalue weighted by Crippen LogP contribution is -2.19. The molecule has 0 aliphatic carbocycles. The molecule has 0 saturated heterocycles. The minimum Gasteiger partial charge on any atom is -0.431 e. The Bertz CT molecular complexity index is 1170. The van der Waals surface area contributed by atoms with Crippen LogP contribution in [0.1, 0.15) is 21.9 Å². The summed E-state index contributed by atoms with van der Waals surface area (Å²) in [5.41, 5.74) is 5.09. The van der Waals surface area contributed by atoms with Crippen molar-refractivity contribution >= 4 is 46.1 Å². The topological polar surface area (TPSA) is 55.1 Å². The molecule has 1 amide bonds. The summed E-state index contributed by atoms with van der Waals surface area (Å²) in [6, 6.07) is 20.9. The van der Waals surface area contributed by atoms with E-state index < -0.39 is 5.25 Å². The van der Waals surface area contributed by atoms with Crippen molar-refractivity contribution in [2.24, 2.45) is 0 Å². The molecular formula is C23H19ClN2O2S. The summed E-state index contributed by atoms with van der Waals surface area (Å²) in [7, 11) is 0. The van der Waals surface area contributed by atoms with Crippen LogP contribution in [0.25, 0.3) is 11.1 Å². The van der Waals surface area contributed by atoms with Gasteiger partial charge in [0.15, 0.2) is 5.58 Å². The molecule has 1 aromatic heterocycles. The molecule has 0 fully saturated rings. The highest BCUT2D eigenvalue weighted by atomic mass is 35.5. The Morgan fingerprint density at radius 1 is 1.07 bits per heavy atom. The van der Waals surface area contributed by atoms with Crippen molar-refractivity contribution in [1.29, 1.82) is 0 Å². The van der Waals surface area contributed by atoms with E-state index in [1.165, 1.54) is 11.8 Å². The van der Waals surface area contributed by atoms with E-state index in [1.54, 1.807) is 18.2 Å². The van der Waals surface area contributed by atoms with Gasteiger partial charge in [-0.05, 0) is 66.6 Å². The number of nitrogens with zero attached hydrogens (tertiary/aromatic N) is 1. The highest BCUT2D eigenvalue weighted by Gasteiger charge is 2.25. The Balaban J connectivity index is 1.65. The van der Waals surface area contributed by atoms with Crippen molar-refractivity contribution in [2.75, 3.05) is 5.32 Å². The summed E-state index contributed by atoms with van der Waals surface area (Å²) in [5, 5.41) is 3.56. The average Bonchev–Trinajstić information content (AvgIpc) is 3.11. The maximum atomic E-state index is 13.2. The number of fused-ring (bicyclic) bond motifs is 1. The molecule has 0 aliphatic heterocycles. The maximum Gasteiger partial charge on any atom is 0.257 e. The van der Waals surface area contributed by atoms with Gasteiger partial charge in [0.1, 0.15) is 10.8 Å². The average molecular weight is 423 g/mol. The normalized spacial score (nSPS) is 12.1. The van der Waals surface area contributed by atoms with Crippen LogP contribution >= 0.6 is 23.4 Å². The van der Waals surface area contributed by atoms with Gasteiger partial charge in [-0.3, -0.25) is 4.79 Å². The number of amides is 1.